The Morgan fingerprint density at radius 2 is 2.20 bits per heavy atom. The van der Waals surface area contributed by atoms with Gasteiger partial charge in [0, 0.05) is 18.0 Å². The first kappa shape index (κ1) is 15.8. The van der Waals surface area contributed by atoms with Crippen LogP contribution in [0.1, 0.15) is 12.5 Å². The van der Waals surface area contributed by atoms with Crippen LogP contribution in [-0.4, -0.2) is 31.6 Å². The van der Waals surface area contributed by atoms with Crippen molar-refractivity contribution in [3.8, 4) is 11.8 Å². The van der Waals surface area contributed by atoms with Gasteiger partial charge in [0.1, 0.15) is 18.4 Å². The maximum atomic E-state index is 11.5. The highest BCUT2D eigenvalue weighted by Crippen LogP contribution is 2.22. The zero-order chi connectivity index (χ0) is 15.1. The van der Waals surface area contributed by atoms with Crippen molar-refractivity contribution in [2.75, 3.05) is 13.7 Å². The Kier molecular flexibility index (Phi) is 5.81. The molecule has 0 heterocycles. The first-order chi connectivity index (χ1) is 9.47. The summed E-state index contributed by atoms with van der Waals surface area (Å²) in [5, 5.41) is 11.7. The van der Waals surface area contributed by atoms with Crippen LogP contribution in [0.3, 0.4) is 0 Å². The molecule has 106 valence electrons. The average molecular weight is 297 g/mol. The van der Waals surface area contributed by atoms with Gasteiger partial charge in [-0.15, -0.1) is 0 Å². The fourth-order valence-corrected chi connectivity index (χ4v) is 1.60. The number of nitrogens with one attached hydrogen (secondary N) is 1. The number of esters is 1. The van der Waals surface area contributed by atoms with Crippen LogP contribution in [0, 0.1) is 11.3 Å². The zero-order valence-corrected chi connectivity index (χ0v) is 11.7. The van der Waals surface area contributed by atoms with Crippen molar-refractivity contribution in [3.63, 3.8) is 0 Å². The molecule has 6 nitrogen and oxygen atoms in total. The third-order valence-corrected chi connectivity index (χ3v) is 2.57. The summed E-state index contributed by atoms with van der Waals surface area (Å²) in [6.07, 6.45) is 0. The molecule has 1 aromatic rings. The van der Waals surface area contributed by atoms with Crippen LogP contribution in [0.5, 0.6) is 5.75 Å². The van der Waals surface area contributed by atoms with Gasteiger partial charge in [-0.1, -0.05) is 11.6 Å². The van der Waals surface area contributed by atoms with Gasteiger partial charge in [0.15, 0.2) is 6.04 Å². The van der Waals surface area contributed by atoms with E-state index in [9.17, 15) is 9.59 Å². The molecule has 0 bridgehead atoms. The number of amides is 1. The van der Waals surface area contributed by atoms with E-state index in [1.54, 1.807) is 6.07 Å². The van der Waals surface area contributed by atoms with Crippen LogP contribution in [0.25, 0.3) is 0 Å². The van der Waals surface area contributed by atoms with Crippen molar-refractivity contribution in [2.24, 2.45) is 0 Å². The molecule has 1 N–H and O–H groups in total. The molecule has 1 amide bonds. The number of methoxy groups -OCH3 is 1. The predicted octanol–water partition coefficient (Wildman–Crippen LogP) is 1.27. The molecule has 0 aliphatic carbocycles. The van der Waals surface area contributed by atoms with E-state index in [0.717, 1.165) is 0 Å². The second-order valence-electron chi connectivity index (χ2n) is 3.84. The van der Waals surface area contributed by atoms with Gasteiger partial charge >= 0.3 is 5.97 Å². The summed E-state index contributed by atoms with van der Waals surface area (Å²) >= 11 is 5.81. The molecule has 1 aromatic carbocycles. The van der Waals surface area contributed by atoms with Gasteiger partial charge < -0.3 is 14.8 Å². The van der Waals surface area contributed by atoms with Gasteiger partial charge in [0.2, 0.25) is 5.91 Å². The summed E-state index contributed by atoms with van der Waals surface area (Å²) in [6.45, 7) is 1.11. The van der Waals surface area contributed by atoms with E-state index >= 15 is 0 Å². The van der Waals surface area contributed by atoms with E-state index in [0.29, 0.717) is 5.02 Å². The molecule has 7 heteroatoms. The topological polar surface area (TPSA) is 88.4 Å². The second-order valence-corrected chi connectivity index (χ2v) is 4.28. The maximum Gasteiger partial charge on any atom is 0.331 e. The average Bonchev–Trinajstić information content (AvgIpc) is 2.42. The number of ether oxygens (including phenoxy) is 2. The third kappa shape index (κ3) is 4.44. The smallest absolute Gasteiger partial charge is 0.331 e. The van der Waals surface area contributed by atoms with Crippen molar-refractivity contribution >= 4 is 23.5 Å². The van der Waals surface area contributed by atoms with Crippen molar-refractivity contribution in [1.82, 2.24) is 5.32 Å². The van der Waals surface area contributed by atoms with Crippen LogP contribution in [0.15, 0.2) is 18.2 Å². The first-order valence-electron chi connectivity index (χ1n) is 5.65. The van der Waals surface area contributed by atoms with Gasteiger partial charge in [-0.05, 0) is 12.1 Å². The van der Waals surface area contributed by atoms with Gasteiger partial charge in [-0.2, -0.15) is 5.26 Å². The van der Waals surface area contributed by atoms with Gasteiger partial charge in [-0.3, -0.25) is 4.79 Å². The standard InChI is InChI=1S/C13H13ClN2O4/c1-8(17)16-11(13(18)19-2)7-20-12-5-10(14)4-3-9(12)6-15/h3-5,11H,7H2,1-2H3,(H,16,17). The number of carbonyl (C=O) groups excluding carboxylic acids is 2. The highest BCUT2D eigenvalue weighted by molar-refractivity contribution is 6.30. The number of nitriles is 1. The number of nitrogens with zero attached hydrogens (tertiary/aromatic N) is 1. The summed E-state index contributed by atoms with van der Waals surface area (Å²) in [6, 6.07) is 5.51. The predicted molar refractivity (Wildman–Crippen MR) is 71.3 cm³/mol. The van der Waals surface area contributed by atoms with E-state index in [2.05, 4.69) is 10.1 Å². The molecule has 1 atom stereocenters. The minimum absolute atomic E-state index is 0.165. The molecule has 1 unspecified atom stereocenters. The fourth-order valence-electron chi connectivity index (χ4n) is 1.44. The zero-order valence-electron chi connectivity index (χ0n) is 11.0. The van der Waals surface area contributed by atoms with Crippen LogP contribution in [0.2, 0.25) is 5.02 Å². The monoisotopic (exact) mass is 296 g/mol. The Hall–Kier alpha value is -2.26. The number of halogens is 1. The minimum Gasteiger partial charge on any atom is -0.489 e. The van der Waals surface area contributed by atoms with Crippen molar-refractivity contribution < 1.29 is 19.1 Å². The maximum absolute atomic E-state index is 11.5. The summed E-state index contributed by atoms with van der Waals surface area (Å²) in [5.41, 5.74) is 0.279. The number of benzene rings is 1. The molecule has 0 aromatic heterocycles. The molecule has 0 spiro atoms. The van der Waals surface area contributed by atoms with Crippen LogP contribution < -0.4 is 10.1 Å². The molecule has 0 aliphatic rings. The normalized spacial score (nSPS) is 11.1. The molecular weight excluding hydrogens is 284 g/mol. The highest BCUT2D eigenvalue weighted by Gasteiger charge is 2.21. The van der Waals surface area contributed by atoms with E-state index in [1.807, 2.05) is 6.07 Å². The highest BCUT2D eigenvalue weighted by atomic mass is 35.5. The number of carbonyl (C=O) groups is 2. The van der Waals surface area contributed by atoms with E-state index in [1.165, 1.54) is 26.2 Å². The minimum atomic E-state index is -0.956. The molecule has 0 radical (unpaired) electrons. The van der Waals surface area contributed by atoms with Crippen LogP contribution in [0.4, 0.5) is 0 Å². The first-order valence-corrected chi connectivity index (χ1v) is 6.03. The van der Waals surface area contributed by atoms with E-state index in [-0.39, 0.29) is 17.9 Å². The lowest BCUT2D eigenvalue weighted by Crippen LogP contribution is -2.44. The largest absolute Gasteiger partial charge is 0.489 e. The molecule has 1 rings (SSSR count). The van der Waals surface area contributed by atoms with Crippen LogP contribution >= 0.6 is 11.6 Å². The van der Waals surface area contributed by atoms with Crippen molar-refractivity contribution in [1.29, 1.82) is 5.26 Å². The number of hydrogen-bond acceptors (Lipinski definition) is 5. The molecule has 0 saturated carbocycles. The lowest BCUT2D eigenvalue weighted by atomic mass is 10.2. The lowest BCUT2D eigenvalue weighted by Gasteiger charge is -2.16. The summed E-state index contributed by atoms with van der Waals surface area (Å²) in [5.74, 6) is -0.796. The lowest BCUT2D eigenvalue weighted by molar-refractivity contribution is -0.145. The Morgan fingerprint density at radius 1 is 1.50 bits per heavy atom. The van der Waals surface area contributed by atoms with Crippen molar-refractivity contribution in [3.05, 3.63) is 28.8 Å². The summed E-state index contributed by atoms with van der Waals surface area (Å²) in [7, 11) is 1.21. The Labute approximate surface area is 121 Å². The van der Waals surface area contributed by atoms with E-state index < -0.39 is 17.9 Å². The summed E-state index contributed by atoms with van der Waals surface area (Å²) in [4.78, 5) is 22.5. The summed E-state index contributed by atoms with van der Waals surface area (Å²) < 4.78 is 9.93. The quantitative estimate of drug-likeness (QED) is 0.827. The van der Waals surface area contributed by atoms with Crippen LogP contribution in [-0.2, 0) is 14.3 Å². The Bertz CT molecular complexity index is 554. The van der Waals surface area contributed by atoms with E-state index in [4.69, 9.17) is 21.6 Å². The van der Waals surface area contributed by atoms with Gasteiger partial charge in [0.05, 0.1) is 12.7 Å². The Morgan fingerprint density at radius 3 is 2.75 bits per heavy atom. The SMILES string of the molecule is COC(=O)C(COc1cc(Cl)ccc1C#N)NC(C)=O. The molecule has 0 saturated heterocycles. The fraction of sp³-hybridized carbons (Fsp3) is 0.308. The number of rotatable bonds is 5. The molecule has 0 fully saturated rings. The number of hydrogen-bond donors (Lipinski definition) is 1. The molecule has 20 heavy (non-hydrogen) atoms. The van der Waals surface area contributed by atoms with Gasteiger partial charge in [0.25, 0.3) is 0 Å². The molecular formula is C13H13ClN2O4. The molecule has 0 aliphatic heterocycles. The van der Waals surface area contributed by atoms with Crippen molar-refractivity contribution in [2.45, 2.75) is 13.0 Å². The van der Waals surface area contributed by atoms with Gasteiger partial charge in [-0.25, -0.2) is 4.79 Å². The Balaban J connectivity index is 2.82. The third-order valence-electron chi connectivity index (χ3n) is 2.33. The second kappa shape index (κ2) is 7.36.